The lowest BCUT2D eigenvalue weighted by molar-refractivity contribution is 0.165. The van der Waals surface area contributed by atoms with E-state index in [4.69, 9.17) is 16.6 Å². The smallest absolute Gasteiger partial charge is 0.261 e. The van der Waals surface area contributed by atoms with Crippen molar-refractivity contribution in [3.63, 3.8) is 0 Å². The largest absolute Gasteiger partial charge is 0.389 e. The lowest BCUT2D eigenvalue weighted by Crippen LogP contribution is -2.32. The van der Waals surface area contributed by atoms with Crippen LogP contribution in [0.5, 0.6) is 0 Å². The van der Waals surface area contributed by atoms with E-state index in [1.54, 1.807) is 22.8 Å². The van der Waals surface area contributed by atoms with Crippen LogP contribution < -0.4 is 10.9 Å². The average molecular weight is 406 g/mol. The summed E-state index contributed by atoms with van der Waals surface area (Å²) in [6, 6.07) is 24.1. The van der Waals surface area contributed by atoms with Gasteiger partial charge in [-0.25, -0.2) is 4.98 Å². The molecule has 0 fully saturated rings. The second-order valence-corrected chi connectivity index (χ2v) is 7.22. The lowest BCUT2D eigenvalue weighted by Gasteiger charge is -2.18. The van der Waals surface area contributed by atoms with Crippen molar-refractivity contribution in [3.8, 4) is 11.4 Å². The van der Waals surface area contributed by atoms with Crippen LogP contribution in [0.4, 0.5) is 5.69 Å². The molecule has 0 saturated carbocycles. The molecule has 4 aromatic rings. The van der Waals surface area contributed by atoms with Crippen LogP contribution in [0, 0.1) is 0 Å². The van der Waals surface area contributed by atoms with Crippen molar-refractivity contribution in [2.45, 2.75) is 12.6 Å². The van der Waals surface area contributed by atoms with E-state index in [9.17, 15) is 9.90 Å². The number of benzene rings is 3. The van der Waals surface area contributed by atoms with E-state index < -0.39 is 6.10 Å². The Bertz CT molecular complexity index is 1190. The summed E-state index contributed by atoms with van der Waals surface area (Å²) in [6.07, 6.45) is -0.794. The predicted molar refractivity (Wildman–Crippen MR) is 117 cm³/mol. The summed E-state index contributed by atoms with van der Waals surface area (Å²) < 4.78 is 1.54. The topological polar surface area (TPSA) is 67.2 Å². The summed E-state index contributed by atoms with van der Waals surface area (Å²) in [5.74, 6) is 0.538. The Balaban J connectivity index is 1.66. The molecule has 5 nitrogen and oxygen atoms in total. The SMILES string of the molecule is O=c1c2ccccc2nc(-c2ccccc2)n1CC(O)CNc1cccc(Cl)c1. The maximum atomic E-state index is 13.2. The van der Waals surface area contributed by atoms with Crippen molar-refractivity contribution in [2.75, 3.05) is 11.9 Å². The molecule has 0 amide bonds. The summed E-state index contributed by atoms with van der Waals surface area (Å²) >= 11 is 6.00. The minimum Gasteiger partial charge on any atom is -0.389 e. The number of nitrogens with zero attached hydrogens (tertiary/aromatic N) is 2. The molecule has 0 saturated heterocycles. The van der Waals surface area contributed by atoms with Gasteiger partial charge in [-0.1, -0.05) is 60.1 Å². The van der Waals surface area contributed by atoms with Gasteiger partial charge in [-0.3, -0.25) is 9.36 Å². The quantitative estimate of drug-likeness (QED) is 0.504. The third-order valence-electron chi connectivity index (χ3n) is 4.65. The maximum absolute atomic E-state index is 13.2. The molecule has 146 valence electrons. The number of fused-ring (bicyclic) bond motifs is 1. The van der Waals surface area contributed by atoms with E-state index in [0.29, 0.717) is 21.7 Å². The minimum atomic E-state index is -0.794. The monoisotopic (exact) mass is 405 g/mol. The summed E-state index contributed by atoms with van der Waals surface area (Å²) in [4.78, 5) is 17.9. The first-order valence-corrected chi connectivity index (χ1v) is 9.72. The third-order valence-corrected chi connectivity index (χ3v) is 4.89. The maximum Gasteiger partial charge on any atom is 0.261 e. The van der Waals surface area contributed by atoms with Crippen LogP contribution in [-0.2, 0) is 6.54 Å². The van der Waals surface area contributed by atoms with E-state index in [2.05, 4.69) is 5.32 Å². The van der Waals surface area contributed by atoms with E-state index in [0.717, 1.165) is 11.3 Å². The molecule has 1 unspecified atom stereocenters. The number of anilines is 1. The Hall–Kier alpha value is -3.15. The molecule has 6 heteroatoms. The second-order valence-electron chi connectivity index (χ2n) is 6.78. The Labute approximate surface area is 173 Å². The molecule has 0 aliphatic rings. The van der Waals surface area contributed by atoms with Gasteiger partial charge >= 0.3 is 0 Å². The molecule has 0 bridgehead atoms. The molecule has 4 rings (SSSR count). The zero-order chi connectivity index (χ0) is 20.2. The molecule has 29 heavy (non-hydrogen) atoms. The summed E-state index contributed by atoms with van der Waals surface area (Å²) in [7, 11) is 0. The number of nitrogens with one attached hydrogen (secondary N) is 1. The molecule has 1 atom stereocenters. The standard InChI is InChI=1S/C23H20ClN3O2/c24-17-9-6-10-18(13-17)25-14-19(28)15-27-22(16-7-2-1-3-8-16)26-21-12-5-4-11-20(21)23(27)29/h1-13,19,25,28H,14-15H2. The van der Waals surface area contributed by atoms with Crippen LogP contribution in [-0.4, -0.2) is 27.3 Å². The van der Waals surface area contributed by atoms with E-state index in [1.807, 2.05) is 60.7 Å². The summed E-state index contributed by atoms with van der Waals surface area (Å²) in [6.45, 7) is 0.391. The first kappa shape index (κ1) is 19.2. The molecule has 0 spiro atoms. The average Bonchev–Trinajstić information content (AvgIpc) is 2.75. The summed E-state index contributed by atoms with van der Waals surface area (Å²) in [5, 5.41) is 14.9. The number of aromatic nitrogens is 2. The van der Waals surface area contributed by atoms with E-state index >= 15 is 0 Å². The fourth-order valence-electron chi connectivity index (χ4n) is 3.25. The van der Waals surface area contributed by atoms with Crippen LogP contribution in [0.15, 0.2) is 83.7 Å². The van der Waals surface area contributed by atoms with Crippen molar-refractivity contribution in [3.05, 3.63) is 94.2 Å². The molecule has 1 heterocycles. The molecule has 1 aromatic heterocycles. The highest BCUT2D eigenvalue weighted by Crippen LogP contribution is 2.19. The number of rotatable bonds is 6. The van der Waals surface area contributed by atoms with Gasteiger partial charge in [0.15, 0.2) is 0 Å². The Morgan fingerprint density at radius 2 is 1.76 bits per heavy atom. The molecular weight excluding hydrogens is 386 g/mol. The van der Waals surface area contributed by atoms with Crippen molar-refractivity contribution < 1.29 is 5.11 Å². The molecule has 0 aliphatic heterocycles. The van der Waals surface area contributed by atoms with Crippen LogP contribution in [0.25, 0.3) is 22.3 Å². The third kappa shape index (κ3) is 4.31. The Kier molecular flexibility index (Phi) is 5.60. The molecule has 3 aromatic carbocycles. The fraction of sp³-hybridized carbons (Fsp3) is 0.130. The highest BCUT2D eigenvalue weighted by molar-refractivity contribution is 6.30. The lowest BCUT2D eigenvalue weighted by atomic mass is 10.1. The highest BCUT2D eigenvalue weighted by Gasteiger charge is 2.15. The van der Waals surface area contributed by atoms with Gasteiger partial charge in [0.1, 0.15) is 5.82 Å². The number of halogens is 1. The van der Waals surface area contributed by atoms with Crippen molar-refractivity contribution in [1.29, 1.82) is 0 Å². The first-order valence-electron chi connectivity index (χ1n) is 9.34. The van der Waals surface area contributed by atoms with Crippen LogP contribution in [0.3, 0.4) is 0 Å². The van der Waals surface area contributed by atoms with Gasteiger partial charge < -0.3 is 10.4 Å². The Morgan fingerprint density at radius 1 is 1.00 bits per heavy atom. The number of para-hydroxylation sites is 1. The number of hydrogen-bond acceptors (Lipinski definition) is 4. The second kappa shape index (κ2) is 8.47. The van der Waals surface area contributed by atoms with Gasteiger partial charge in [0.05, 0.1) is 23.6 Å². The molecule has 2 N–H and O–H groups in total. The molecular formula is C23H20ClN3O2. The number of aliphatic hydroxyl groups is 1. The van der Waals surface area contributed by atoms with Crippen molar-refractivity contribution in [1.82, 2.24) is 9.55 Å². The number of hydrogen-bond donors (Lipinski definition) is 2. The van der Waals surface area contributed by atoms with Gasteiger partial charge in [-0.15, -0.1) is 0 Å². The predicted octanol–water partition coefficient (Wildman–Crippen LogP) is 4.19. The normalized spacial score (nSPS) is 12.1. The summed E-state index contributed by atoms with van der Waals surface area (Å²) in [5.41, 5.74) is 2.10. The van der Waals surface area contributed by atoms with Gasteiger partial charge in [-0.2, -0.15) is 0 Å². The van der Waals surface area contributed by atoms with Crippen molar-refractivity contribution in [2.24, 2.45) is 0 Å². The first-order chi connectivity index (χ1) is 14.1. The van der Waals surface area contributed by atoms with Crippen LogP contribution in [0.2, 0.25) is 5.02 Å². The molecule has 0 aliphatic carbocycles. The fourth-order valence-corrected chi connectivity index (χ4v) is 3.44. The van der Waals surface area contributed by atoms with Crippen LogP contribution >= 0.6 is 11.6 Å². The van der Waals surface area contributed by atoms with Gasteiger partial charge in [0.25, 0.3) is 5.56 Å². The zero-order valence-electron chi connectivity index (χ0n) is 15.6. The van der Waals surface area contributed by atoms with E-state index in [1.165, 1.54) is 0 Å². The van der Waals surface area contributed by atoms with Crippen LogP contribution in [0.1, 0.15) is 0 Å². The highest BCUT2D eigenvalue weighted by atomic mass is 35.5. The van der Waals surface area contributed by atoms with Gasteiger partial charge in [-0.05, 0) is 30.3 Å². The zero-order valence-corrected chi connectivity index (χ0v) is 16.4. The van der Waals surface area contributed by atoms with E-state index in [-0.39, 0.29) is 18.6 Å². The molecule has 0 radical (unpaired) electrons. The van der Waals surface area contributed by atoms with Gasteiger partial charge in [0.2, 0.25) is 0 Å². The minimum absolute atomic E-state index is 0.120. The Morgan fingerprint density at radius 3 is 2.55 bits per heavy atom. The van der Waals surface area contributed by atoms with Gasteiger partial charge in [0, 0.05) is 22.8 Å². The number of aliphatic hydroxyl groups excluding tert-OH is 1. The van der Waals surface area contributed by atoms with Crippen molar-refractivity contribution >= 4 is 28.2 Å².